The Morgan fingerprint density at radius 2 is 2.13 bits per heavy atom. The number of phenols is 1. The number of carbonyl (C=O) groups excluding carboxylic acids is 1. The Hall–Kier alpha value is -2.27. The minimum Gasteiger partial charge on any atom is -0.508 e. The van der Waals surface area contributed by atoms with E-state index in [2.05, 4.69) is 23.3 Å². The molecular formula is C25H32N2O3. The zero-order chi connectivity index (χ0) is 21.0. The number of carbonyl (C=O) groups is 1. The molecule has 0 aliphatic heterocycles. The predicted molar refractivity (Wildman–Crippen MR) is 115 cm³/mol. The average molecular weight is 409 g/mol. The topological polar surface area (TPSA) is 85.3 Å². The summed E-state index contributed by atoms with van der Waals surface area (Å²) in [6, 6.07) is 9.62. The zero-order valence-electron chi connectivity index (χ0n) is 17.8. The van der Waals surface area contributed by atoms with Crippen molar-refractivity contribution in [1.29, 1.82) is 0 Å². The van der Waals surface area contributed by atoms with Crippen LogP contribution in [0.2, 0.25) is 0 Å². The van der Waals surface area contributed by atoms with Crippen molar-refractivity contribution < 1.29 is 15.0 Å². The predicted octanol–water partition coefficient (Wildman–Crippen LogP) is 4.04. The number of aromatic hydroxyl groups is 1. The molecule has 7 atom stereocenters. The summed E-state index contributed by atoms with van der Waals surface area (Å²) in [7, 11) is 0. The molecule has 2 aromatic rings. The lowest BCUT2D eigenvalue weighted by atomic mass is 9.55. The van der Waals surface area contributed by atoms with Gasteiger partial charge in [0.15, 0.2) is 0 Å². The van der Waals surface area contributed by atoms with Crippen molar-refractivity contribution in [3.05, 3.63) is 53.3 Å². The summed E-state index contributed by atoms with van der Waals surface area (Å²) in [6.45, 7) is 4.18. The average Bonchev–Trinajstić information content (AvgIpc) is 3.35. The fraction of sp³-hybridized carbons (Fsp3) is 0.560. The second-order valence-electron chi connectivity index (χ2n) is 9.99. The minimum atomic E-state index is -0.597. The van der Waals surface area contributed by atoms with Gasteiger partial charge >= 0.3 is 0 Å². The number of aliphatic hydroxyl groups excluding tert-OH is 1. The van der Waals surface area contributed by atoms with E-state index < -0.39 is 6.10 Å². The minimum absolute atomic E-state index is 0.0297. The Bertz CT molecular complexity index is 940. The Balaban J connectivity index is 1.37. The molecule has 160 valence electrons. The number of rotatable bonds is 3. The van der Waals surface area contributed by atoms with Gasteiger partial charge in [0.05, 0.1) is 18.1 Å². The van der Waals surface area contributed by atoms with E-state index in [4.69, 9.17) is 0 Å². The first-order valence-corrected chi connectivity index (χ1v) is 11.3. The second-order valence-corrected chi connectivity index (χ2v) is 9.99. The second kappa shape index (κ2) is 7.16. The molecule has 2 fully saturated rings. The molecule has 0 radical (unpaired) electrons. The fourth-order valence-electron chi connectivity index (χ4n) is 6.85. The van der Waals surface area contributed by atoms with Gasteiger partial charge in [0, 0.05) is 11.9 Å². The molecule has 5 rings (SSSR count). The summed E-state index contributed by atoms with van der Waals surface area (Å²) in [4.78, 5) is 16.3. The maximum absolute atomic E-state index is 13.1. The number of benzene rings is 1. The summed E-state index contributed by atoms with van der Waals surface area (Å²) >= 11 is 0. The third-order valence-electron chi connectivity index (χ3n) is 8.50. The Kier molecular flexibility index (Phi) is 4.69. The maximum Gasteiger partial charge on any atom is 0.226 e. The van der Waals surface area contributed by atoms with Crippen molar-refractivity contribution >= 4 is 5.91 Å². The Morgan fingerprint density at radius 3 is 2.90 bits per heavy atom. The number of hydrogen-bond donors (Lipinski definition) is 4. The van der Waals surface area contributed by atoms with Crippen LogP contribution < -0.4 is 5.32 Å². The van der Waals surface area contributed by atoms with Gasteiger partial charge in [0.25, 0.3) is 0 Å². The number of aliphatic hydroxyl groups is 1. The van der Waals surface area contributed by atoms with Crippen molar-refractivity contribution in [3.63, 3.8) is 0 Å². The van der Waals surface area contributed by atoms with E-state index in [1.54, 1.807) is 6.07 Å². The molecule has 2 saturated carbocycles. The lowest BCUT2D eigenvalue weighted by Crippen LogP contribution is -2.45. The van der Waals surface area contributed by atoms with Crippen molar-refractivity contribution in [3.8, 4) is 5.75 Å². The van der Waals surface area contributed by atoms with Crippen LogP contribution in [-0.4, -0.2) is 27.2 Å². The largest absolute Gasteiger partial charge is 0.508 e. The van der Waals surface area contributed by atoms with Crippen LogP contribution in [0.15, 0.2) is 36.5 Å². The lowest BCUT2D eigenvalue weighted by molar-refractivity contribution is -0.130. The van der Waals surface area contributed by atoms with Crippen molar-refractivity contribution in [2.75, 3.05) is 0 Å². The van der Waals surface area contributed by atoms with Gasteiger partial charge in [-0.1, -0.05) is 13.0 Å². The first-order valence-electron chi connectivity index (χ1n) is 11.3. The third-order valence-corrected chi connectivity index (χ3v) is 8.50. The first kappa shape index (κ1) is 19.7. The van der Waals surface area contributed by atoms with E-state index in [0.29, 0.717) is 23.5 Å². The summed E-state index contributed by atoms with van der Waals surface area (Å²) in [5.74, 6) is 1.28. The number of phenolic OH excluding ortho intramolecular Hbond substituents is 1. The van der Waals surface area contributed by atoms with Crippen LogP contribution in [0, 0.1) is 23.2 Å². The molecule has 1 aromatic heterocycles. The molecule has 7 unspecified atom stereocenters. The van der Waals surface area contributed by atoms with Crippen LogP contribution in [0.5, 0.6) is 5.75 Å². The Morgan fingerprint density at radius 1 is 1.30 bits per heavy atom. The molecule has 1 amide bonds. The zero-order valence-corrected chi connectivity index (χ0v) is 17.8. The highest BCUT2D eigenvalue weighted by Gasteiger charge is 2.59. The van der Waals surface area contributed by atoms with Gasteiger partial charge in [-0.15, -0.1) is 0 Å². The standard InChI is InChI=1S/C25H32N2O3/c1-14(22-4-3-11-26-22)27-24(30)20-13-21-19-7-5-15-12-16(28)6-8-17(15)18(19)9-10-25(21,2)23(20)29/h3-4,6,8,11-12,14,18-21,23,26,28-29H,5,7,9-10,13H2,1-2H3,(H,27,30). The van der Waals surface area contributed by atoms with Gasteiger partial charge < -0.3 is 20.5 Å². The monoisotopic (exact) mass is 408 g/mol. The summed E-state index contributed by atoms with van der Waals surface area (Å²) < 4.78 is 0. The summed E-state index contributed by atoms with van der Waals surface area (Å²) in [5, 5.41) is 24.3. The molecule has 0 spiro atoms. The van der Waals surface area contributed by atoms with E-state index >= 15 is 0 Å². The fourth-order valence-corrected chi connectivity index (χ4v) is 6.85. The van der Waals surface area contributed by atoms with Gasteiger partial charge in [0.2, 0.25) is 5.91 Å². The van der Waals surface area contributed by atoms with Crippen LogP contribution in [0.3, 0.4) is 0 Å². The molecular weight excluding hydrogens is 376 g/mol. The SMILES string of the molecule is CC(NC(=O)C1CC2C3CCc4cc(O)ccc4C3CCC2(C)C1O)c1ccc[nH]1. The molecule has 1 aromatic carbocycles. The van der Waals surface area contributed by atoms with Gasteiger partial charge in [-0.25, -0.2) is 0 Å². The molecule has 3 aliphatic rings. The highest BCUT2D eigenvalue weighted by atomic mass is 16.3. The number of H-pyrrole nitrogens is 1. The number of amides is 1. The van der Waals surface area contributed by atoms with E-state index in [1.807, 2.05) is 31.3 Å². The van der Waals surface area contributed by atoms with Crippen LogP contribution in [0.1, 0.15) is 68.3 Å². The van der Waals surface area contributed by atoms with Crippen molar-refractivity contribution in [2.24, 2.45) is 23.2 Å². The van der Waals surface area contributed by atoms with Gasteiger partial charge in [-0.05, 0) is 97.6 Å². The van der Waals surface area contributed by atoms with Crippen molar-refractivity contribution in [2.45, 2.75) is 64.0 Å². The normalized spacial score (nSPS) is 35.8. The maximum atomic E-state index is 13.1. The highest BCUT2D eigenvalue weighted by Crippen LogP contribution is 2.62. The van der Waals surface area contributed by atoms with Crippen LogP contribution in [0.4, 0.5) is 0 Å². The quantitative estimate of drug-likeness (QED) is 0.618. The summed E-state index contributed by atoms with van der Waals surface area (Å²) in [5.41, 5.74) is 3.42. The number of aryl methyl sites for hydroxylation is 1. The molecule has 3 aliphatic carbocycles. The molecule has 5 nitrogen and oxygen atoms in total. The molecule has 4 N–H and O–H groups in total. The molecule has 1 heterocycles. The van der Waals surface area contributed by atoms with Crippen LogP contribution in [-0.2, 0) is 11.2 Å². The van der Waals surface area contributed by atoms with E-state index in [0.717, 1.165) is 37.8 Å². The molecule has 5 heteroatoms. The number of hydrogen-bond acceptors (Lipinski definition) is 3. The van der Waals surface area contributed by atoms with Gasteiger partial charge in [-0.2, -0.15) is 0 Å². The highest BCUT2D eigenvalue weighted by molar-refractivity contribution is 5.80. The molecule has 0 bridgehead atoms. The van der Waals surface area contributed by atoms with Crippen LogP contribution >= 0.6 is 0 Å². The first-order chi connectivity index (χ1) is 14.4. The van der Waals surface area contributed by atoms with E-state index in [1.165, 1.54) is 11.1 Å². The van der Waals surface area contributed by atoms with E-state index in [-0.39, 0.29) is 23.3 Å². The summed E-state index contributed by atoms with van der Waals surface area (Å²) in [6.07, 6.45) is 6.04. The van der Waals surface area contributed by atoms with Crippen LogP contribution in [0.25, 0.3) is 0 Å². The van der Waals surface area contributed by atoms with E-state index in [9.17, 15) is 15.0 Å². The number of nitrogens with one attached hydrogen (secondary N) is 2. The van der Waals surface area contributed by atoms with Crippen molar-refractivity contribution in [1.82, 2.24) is 10.3 Å². The van der Waals surface area contributed by atoms with Gasteiger partial charge in [-0.3, -0.25) is 4.79 Å². The number of aromatic nitrogens is 1. The number of aromatic amines is 1. The number of fused-ring (bicyclic) bond motifs is 5. The molecule has 0 saturated heterocycles. The van der Waals surface area contributed by atoms with Gasteiger partial charge in [0.1, 0.15) is 5.75 Å². The Labute approximate surface area is 177 Å². The third kappa shape index (κ3) is 2.97. The lowest BCUT2D eigenvalue weighted by Gasteiger charge is -2.50. The molecule has 30 heavy (non-hydrogen) atoms. The smallest absolute Gasteiger partial charge is 0.226 e.